The Labute approximate surface area is 281 Å². The minimum absolute atomic E-state index is 0.000878. The molecule has 0 radical (unpaired) electrons. The Hall–Kier alpha value is -4.42. The van der Waals surface area contributed by atoms with Crippen LogP contribution in [0.5, 0.6) is 0 Å². The lowest BCUT2D eigenvalue weighted by atomic mass is 9.90. The fraction of sp³-hybridized carbons (Fsp3) is 0.500. The summed E-state index contributed by atoms with van der Waals surface area (Å²) >= 11 is 0. The van der Waals surface area contributed by atoms with Crippen LogP contribution in [0.25, 0.3) is 10.9 Å². The summed E-state index contributed by atoms with van der Waals surface area (Å²) in [5.74, 6) is -3.28. The zero-order valence-electron chi connectivity index (χ0n) is 29.0. The molecule has 1 aliphatic heterocycles. The van der Waals surface area contributed by atoms with Crippen molar-refractivity contribution in [1.29, 1.82) is 0 Å². The Bertz CT molecular complexity index is 1610. The first-order valence-electron chi connectivity index (χ1n) is 16.0. The van der Waals surface area contributed by atoms with E-state index in [1.165, 1.54) is 13.3 Å². The van der Waals surface area contributed by atoms with E-state index >= 15 is 0 Å². The van der Waals surface area contributed by atoms with Crippen LogP contribution >= 0.6 is 0 Å². The molecule has 1 fully saturated rings. The Morgan fingerprint density at radius 2 is 1.60 bits per heavy atom. The van der Waals surface area contributed by atoms with Crippen LogP contribution in [0.1, 0.15) is 72.4 Å². The third-order valence-corrected chi connectivity index (χ3v) is 8.47. The summed E-state index contributed by atoms with van der Waals surface area (Å²) in [6, 6.07) is 13.8. The summed E-state index contributed by atoms with van der Waals surface area (Å²) in [6.07, 6.45) is 2.61. The summed E-state index contributed by atoms with van der Waals surface area (Å²) in [7, 11) is 1.19. The summed E-state index contributed by atoms with van der Waals surface area (Å²) in [5, 5.41) is 17.2. The van der Waals surface area contributed by atoms with Crippen molar-refractivity contribution < 1.29 is 42.8 Å². The van der Waals surface area contributed by atoms with E-state index in [4.69, 9.17) is 23.7 Å². The molecule has 1 saturated heterocycles. The van der Waals surface area contributed by atoms with Gasteiger partial charge >= 0.3 is 24.1 Å². The van der Waals surface area contributed by atoms with Gasteiger partial charge < -0.3 is 39.2 Å². The Kier molecular flexibility index (Phi) is 10.9. The third-order valence-electron chi connectivity index (χ3n) is 8.47. The number of fused-ring (bicyclic) bond motifs is 1. The maximum absolute atomic E-state index is 13.7. The molecule has 0 saturated carbocycles. The number of hydrogen-bond donors (Lipinski definition) is 2. The van der Waals surface area contributed by atoms with E-state index in [-0.39, 0.29) is 25.9 Å². The van der Waals surface area contributed by atoms with E-state index in [0.717, 1.165) is 16.5 Å². The summed E-state index contributed by atoms with van der Waals surface area (Å²) < 4.78 is 29.6. The van der Waals surface area contributed by atoms with Crippen LogP contribution in [0, 0.1) is 5.21 Å². The van der Waals surface area contributed by atoms with Gasteiger partial charge in [0.1, 0.15) is 11.6 Å². The maximum atomic E-state index is 13.7. The van der Waals surface area contributed by atoms with E-state index in [1.807, 2.05) is 58.0 Å². The molecule has 4 rings (SSSR count). The fourth-order valence-corrected chi connectivity index (χ4v) is 5.59. The molecule has 0 spiro atoms. The second-order valence-corrected chi connectivity index (χ2v) is 13.9. The molecule has 1 aliphatic rings. The second kappa shape index (κ2) is 14.4. The van der Waals surface area contributed by atoms with Gasteiger partial charge in [-0.2, -0.15) is 4.74 Å². The van der Waals surface area contributed by atoms with Gasteiger partial charge in [-0.25, -0.2) is 14.4 Å². The van der Waals surface area contributed by atoms with E-state index in [0.29, 0.717) is 10.3 Å². The topological polar surface area (TPSA) is 151 Å². The van der Waals surface area contributed by atoms with Gasteiger partial charge in [-0.1, -0.05) is 36.4 Å². The quantitative estimate of drug-likeness (QED) is 0.0493. The predicted octanol–water partition coefficient (Wildman–Crippen LogP) is 5.40. The number of benzene rings is 2. The smallest absolute Gasteiger partial charge is 0.408 e. The van der Waals surface area contributed by atoms with Crippen molar-refractivity contribution in [3.05, 3.63) is 77.1 Å². The molecule has 260 valence electrons. The second-order valence-electron chi connectivity index (χ2n) is 13.9. The van der Waals surface area contributed by atoms with Crippen molar-refractivity contribution in [2.45, 2.75) is 102 Å². The lowest BCUT2D eigenvalue weighted by Gasteiger charge is -2.33. The van der Waals surface area contributed by atoms with E-state index in [1.54, 1.807) is 51.2 Å². The van der Waals surface area contributed by atoms with E-state index < -0.39 is 52.7 Å². The monoisotopic (exact) mass is 665 g/mol. The SMILES string of the molecule is COC(=O)C(/[N+]([O-])=C\c1ccccc1)C1(CCCOC(=O)[C@H](Cc2c[nH]c3ccccc23)NC(=O)OC(C)(C)C)OC(C)(C)C(C)(C)O1. The molecule has 12 heteroatoms. The first-order valence-corrected chi connectivity index (χ1v) is 16.0. The molecule has 1 unspecified atom stereocenters. The van der Waals surface area contributed by atoms with Gasteiger partial charge in [0.25, 0.3) is 0 Å². The van der Waals surface area contributed by atoms with Crippen molar-refractivity contribution in [3.8, 4) is 0 Å². The summed E-state index contributed by atoms with van der Waals surface area (Å²) in [5.41, 5.74) is -0.329. The number of hydroxylamine groups is 1. The van der Waals surface area contributed by atoms with Crippen LogP contribution in [0.3, 0.4) is 0 Å². The molecule has 12 nitrogen and oxygen atoms in total. The Morgan fingerprint density at radius 3 is 2.23 bits per heavy atom. The van der Waals surface area contributed by atoms with Crippen LogP contribution in [-0.2, 0) is 39.7 Å². The number of amides is 1. The number of hydrogen-bond acceptors (Lipinski definition) is 9. The molecule has 0 aliphatic carbocycles. The van der Waals surface area contributed by atoms with Crippen LogP contribution in [0.4, 0.5) is 4.79 Å². The molecular weight excluding hydrogens is 618 g/mol. The number of nitrogens with zero attached hydrogens (tertiary/aromatic N) is 1. The number of carbonyl (C=O) groups is 3. The summed E-state index contributed by atoms with van der Waals surface area (Å²) in [4.78, 5) is 42.6. The first kappa shape index (κ1) is 36.4. The van der Waals surface area contributed by atoms with E-state index in [9.17, 15) is 19.6 Å². The molecule has 2 heterocycles. The first-order chi connectivity index (χ1) is 22.5. The number of para-hydroxylation sites is 1. The number of H-pyrrole nitrogens is 1. The van der Waals surface area contributed by atoms with Gasteiger partial charge in [-0.15, -0.1) is 0 Å². The van der Waals surface area contributed by atoms with Gasteiger partial charge in [-0.05, 0) is 78.6 Å². The highest BCUT2D eigenvalue weighted by Crippen LogP contribution is 2.48. The maximum Gasteiger partial charge on any atom is 0.408 e. The number of carbonyl (C=O) groups excluding carboxylic acids is 3. The molecule has 0 bridgehead atoms. The zero-order chi connectivity index (χ0) is 35.3. The number of nitrogens with one attached hydrogen (secondary N) is 2. The standard InChI is InChI=1S/C36H47N3O9/c1-33(2,3)46-32(42)38-28(21-25-22-37-27-18-13-12-17-26(25)27)30(40)45-20-14-19-36(47-34(4,5)35(6,7)48-36)29(31(41)44-8)39(43)23-24-15-10-9-11-16-24/h9-13,15-18,22-23,28-29,37H,14,19-21H2,1-8H3,(H,38,42)/b39-23+/t28-,29?/m0/s1. The van der Waals surface area contributed by atoms with Crippen molar-refractivity contribution in [3.63, 3.8) is 0 Å². The molecule has 2 aromatic carbocycles. The predicted molar refractivity (Wildman–Crippen MR) is 179 cm³/mol. The Morgan fingerprint density at radius 1 is 0.979 bits per heavy atom. The highest BCUT2D eigenvalue weighted by molar-refractivity contribution is 5.86. The van der Waals surface area contributed by atoms with Gasteiger partial charge in [0, 0.05) is 35.5 Å². The molecule has 3 aromatic rings. The molecule has 48 heavy (non-hydrogen) atoms. The number of aromatic amines is 1. The Balaban J connectivity index is 1.55. The highest BCUT2D eigenvalue weighted by atomic mass is 16.8. The zero-order valence-corrected chi connectivity index (χ0v) is 29.0. The summed E-state index contributed by atoms with van der Waals surface area (Å²) in [6.45, 7) is 12.3. The van der Waals surface area contributed by atoms with Crippen LogP contribution < -0.4 is 5.32 Å². The largest absolute Gasteiger partial charge is 0.623 e. The number of rotatable bonds is 12. The van der Waals surface area contributed by atoms with Crippen molar-refractivity contribution >= 4 is 35.1 Å². The molecule has 1 amide bonds. The number of ether oxygens (including phenoxy) is 5. The molecule has 2 atom stereocenters. The number of esters is 2. The molecule has 1 aromatic heterocycles. The van der Waals surface area contributed by atoms with Gasteiger partial charge in [0.2, 0.25) is 5.79 Å². The van der Waals surface area contributed by atoms with Crippen molar-refractivity contribution in [2.24, 2.45) is 0 Å². The number of alkyl carbamates (subject to hydrolysis) is 1. The lowest BCUT2D eigenvalue weighted by molar-refractivity contribution is -0.529. The highest BCUT2D eigenvalue weighted by Gasteiger charge is 2.65. The number of methoxy groups -OCH3 is 1. The number of aromatic nitrogens is 1. The van der Waals surface area contributed by atoms with Gasteiger partial charge in [-0.3, -0.25) is 0 Å². The average Bonchev–Trinajstić information content (AvgIpc) is 3.48. The van der Waals surface area contributed by atoms with Crippen LogP contribution in [0.2, 0.25) is 0 Å². The van der Waals surface area contributed by atoms with Crippen molar-refractivity contribution in [1.82, 2.24) is 10.3 Å². The van der Waals surface area contributed by atoms with Crippen LogP contribution in [0.15, 0.2) is 60.8 Å². The average molecular weight is 666 g/mol. The van der Waals surface area contributed by atoms with Crippen LogP contribution in [-0.4, -0.2) is 82.4 Å². The molecular formula is C36H47N3O9. The minimum atomic E-state index is -1.75. The normalized spacial score (nSPS) is 18.1. The van der Waals surface area contributed by atoms with Gasteiger partial charge in [0.05, 0.1) is 24.9 Å². The lowest BCUT2D eigenvalue weighted by Crippen LogP contribution is -2.55. The van der Waals surface area contributed by atoms with Crippen molar-refractivity contribution in [2.75, 3.05) is 13.7 Å². The van der Waals surface area contributed by atoms with E-state index in [2.05, 4.69) is 10.3 Å². The third kappa shape index (κ3) is 8.53. The molecule has 2 N–H and O–H groups in total. The minimum Gasteiger partial charge on any atom is -0.623 e. The fourth-order valence-electron chi connectivity index (χ4n) is 5.59. The van der Waals surface area contributed by atoms with Gasteiger partial charge in [0.15, 0.2) is 6.21 Å².